The van der Waals surface area contributed by atoms with Crippen molar-refractivity contribution < 1.29 is 24.8 Å². The topological polar surface area (TPSA) is 79.2 Å². The fourth-order valence-electron chi connectivity index (χ4n) is 1.79. The van der Waals surface area contributed by atoms with Crippen LogP contribution in [0.15, 0.2) is 30.3 Å². The molecule has 4 atom stereocenters. The van der Waals surface area contributed by atoms with Crippen LogP contribution in [-0.2, 0) is 9.47 Å². The van der Waals surface area contributed by atoms with E-state index in [1.807, 2.05) is 30.3 Å². The largest absolute Gasteiger partial charge is 0.394 e. The summed E-state index contributed by atoms with van der Waals surface area (Å²) in [7, 11) is 0. The van der Waals surface area contributed by atoms with Gasteiger partial charge >= 0.3 is 0 Å². The zero-order chi connectivity index (χ0) is 12.3. The van der Waals surface area contributed by atoms with E-state index in [2.05, 4.69) is 0 Å². The molecule has 0 amide bonds. The number of rotatable bonds is 3. The lowest BCUT2D eigenvalue weighted by Gasteiger charge is -2.36. The first-order chi connectivity index (χ1) is 8.22. The first kappa shape index (κ1) is 12.5. The summed E-state index contributed by atoms with van der Waals surface area (Å²) in [5.41, 5.74) is 0.814. The number of benzene rings is 1. The highest BCUT2D eigenvalue weighted by atomic mass is 16.7. The molecule has 5 nitrogen and oxygen atoms in total. The van der Waals surface area contributed by atoms with E-state index in [0.29, 0.717) is 0 Å². The van der Waals surface area contributed by atoms with Crippen molar-refractivity contribution in [3.63, 3.8) is 0 Å². The molecular weight excluding hydrogens is 224 g/mol. The Kier molecular flexibility index (Phi) is 4.09. The second-order valence-corrected chi connectivity index (χ2v) is 3.99. The summed E-state index contributed by atoms with van der Waals surface area (Å²) in [5.74, 6) is 0. The highest BCUT2D eigenvalue weighted by Crippen LogP contribution is 2.27. The molecule has 1 fully saturated rings. The molecule has 0 radical (unpaired) electrons. The van der Waals surface area contributed by atoms with Crippen molar-refractivity contribution >= 4 is 0 Å². The normalized spacial score (nSPS) is 31.1. The third-order valence-corrected chi connectivity index (χ3v) is 2.72. The molecule has 17 heavy (non-hydrogen) atoms. The van der Waals surface area contributed by atoms with Crippen molar-refractivity contribution in [1.82, 2.24) is 0 Å². The predicted octanol–water partition coefficient (Wildman–Crippen LogP) is -0.185. The maximum Gasteiger partial charge on any atom is 0.184 e. The van der Waals surface area contributed by atoms with Gasteiger partial charge in [0.05, 0.1) is 13.2 Å². The molecule has 1 saturated heterocycles. The highest BCUT2D eigenvalue weighted by molar-refractivity contribution is 5.16. The zero-order valence-electron chi connectivity index (χ0n) is 9.27. The Morgan fingerprint density at radius 1 is 1.29 bits per heavy atom. The van der Waals surface area contributed by atoms with Gasteiger partial charge < -0.3 is 24.8 Å². The summed E-state index contributed by atoms with van der Waals surface area (Å²) in [4.78, 5) is 0. The van der Waals surface area contributed by atoms with Gasteiger partial charge in [-0.25, -0.2) is 0 Å². The number of hydrogen-bond acceptors (Lipinski definition) is 5. The monoisotopic (exact) mass is 240 g/mol. The summed E-state index contributed by atoms with van der Waals surface area (Å²) in [6.45, 7) is -0.384. The molecular formula is C12H16O5. The molecule has 3 N–H and O–H groups in total. The lowest BCUT2D eigenvalue weighted by Crippen LogP contribution is -2.48. The van der Waals surface area contributed by atoms with E-state index in [1.165, 1.54) is 0 Å². The quantitative estimate of drug-likeness (QED) is 0.682. The Balaban J connectivity index is 2.08. The average Bonchev–Trinajstić information content (AvgIpc) is 2.39. The van der Waals surface area contributed by atoms with E-state index in [-0.39, 0.29) is 6.61 Å². The van der Waals surface area contributed by atoms with E-state index < -0.39 is 31.2 Å². The number of aliphatic hydroxyl groups excluding tert-OH is 3. The number of ether oxygens (including phenoxy) is 2. The third-order valence-electron chi connectivity index (χ3n) is 2.72. The lowest BCUT2D eigenvalue weighted by molar-refractivity contribution is -0.277. The Labute approximate surface area is 99.2 Å². The van der Waals surface area contributed by atoms with Crippen LogP contribution in [-0.4, -0.2) is 46.8 Å². The van der Waals surface area contributed by atoms with Crippen LogP contribution in [0.25, 0.3) is 0 Å². The molecule has 1 aromatic carbocycles. The van der Waals surface area contributed by atoms with E-state index in [0.717, 1.165) is 5.56 Å². The van der Waals surface area contributed by atoms with E-state index in [9.17, 15) is 10.2 Å². The predicted molar refractivity (Wildman–Crippen MR) is 59.1 cm³/mol. The Hall–Kier alpha value is -0.980. The van der Waals surface area contributed by atoms with Gasteiger partial charge in [0, 0.05) is 5.56 Å². The number of aliphatic hydroxyl groups is 3. The van der Waals surface area contributed by atoms with Crippen LogP contribution >= 0.6 is 0 Å². The molecule has 0 saturated carbocycles. The summed E-state index contributed by atoms with van der Waals surface area (Å²) in [6, 6.07) is 9.26. The molecule has 0 bridgehead atoms. The van der Waals surface area contributed by atoms with E-state index in [1.54, 1.807) is 0 Å². The van der Waals surface area contributed by atoms with Gasteiger partial charge in [-0.05, 0) is 0 Å². The van der Waals surface area contributed by atoms with Gasteiger partial charge in [-0.15, -0.1) is 0 Å². The summed E-state index contributed by atoms with van der Waals surface area (Å²) < 4.78 is 10.8. The maximum atomic E-state index is 9.61. The van der Waals surface area contributed by atoms with Crippen LogP contribution in [0.2, 0.25) is 0 Å². The molecule has 1 heterocycles. The minimum Gasteiger partial charge on any atom is -0.394 e. The van der Waals surface area contributed by atoms with E-state index in [4.69, 9.17) is 14.6 Å². The average molecular weight is 240 g/mol. The summed E-state index contributed by atoms with van der Waals surface area (Å²) >= 11 is 0. The van der Waals surface area contributed by atoms with Gasteiger partial charge in [0.25, 0.3) is 0 Å². The number of hydrogen-bond donors (Lipinski definition) is 3. The highest BCUT2D eigenvalue weighted by Gasteiger charge is 2.35. The standard InChI is InChI=1S/C12H16O5/c13-6-9(14)11-10(15)7-16-12(17-11)8-4-2-1-3-5-8/h1-5,9-15H,6-7H2/t9-,10-,11-,12-/m0/s1. The summed E-state index contributed by atoms with van der Waals surface area (Å²) in [5, 5.41) is 28.0. The molecule has 0 unspecified atom stereocenters. The van der Waals surface area contributed by atoms with Crippen molar-refractivity contribution in [2.45, 2.75) is 24.6 Å². The second kappa shape index (κ2) is 5.57. The van der Waals surface area contributed by atoms with Crippen LogP contribution in [0.5, 0.6) is 0 Å². The maximum absolute atomic E-state index is 9.61. The van der Waals surface area contributed by atoms with Crippen molar-refractivity contribution in [3.05, 3.63) is 35.9 Å². The molecule has 5 heteroatoms. The van der Waals surface area contributed by atoms with Crippen LogP contribution in [0.3, 0.4) is 0 Å². The van der Waals surface area contributed by atoms with Gasteiger partial charge in [0.15, 0.2) is 6.29 Å². The Bertz CT molecular complexity index is 338. The van der Waals surface area contributed by atoms with Gasteiger partial charge in [-0.1, -0.05) is 30.3 Å². The van der Waals surface area contributed by atoms with Crippen molar-refractivity contribution in [2.75, 3.05) is 13.2 Å². The van der Waals surface area contributed by atoms with Crippen LogP contribution in [0, 0.1) is 0 Å². The fraction of sp³-hybridized carbons (Fsp3) is 0.500. The molecule has 94 valence electrons. The molecule has 0 spiro atoms. The lowest BCUT2D eigenvalue weighted by atomic mass is 10.1. The minimum atomic E-state index is -1.11. The first-order valence-corrected chi connectivity index (χ1v) is 5.51. The third kappa shape index (κ3) is 2.83. The zero-order valence-corrected chi connectivity index (χ0v) is 9.27. The Morgan fingerprint density at radius 3 is 2.65 bits per heavy atom. The summed E-state index contributed by atoms with van der Waals surface area (Å²) in [6.07, 6.45) is -3.50. The molecule has 0 aromatic heterocycles. The van der Waals surface area contributed by atoms with Crippen LogP contribution in [0.4, 0.5) is 0 Å². The Morgan fingerprint density at radius 2 is 2.00 bits per heavy atom. The molecule has 0 aliphatic carbocycles. The van der Waals surface area contributed by atoms with Gasteiger partial charge in [0.1, 0.15) is 18.3 Å². The first-order valence-electron chi connectivity index (χ1n) is 5.51. The molecule has 1 aromatic rings. The van der Waals surface area contributed by atoms with E-state index >= 15 is 0 Å². The van der Waals surface area contributed by atoms with Crippen LogP contribution in [0.1, 0.15) is 11.9 Å². The van der Waals surface area contributed by atoms with Crippen LogP contribution < -0.4 is 0 Å². The SMILES string of the molecule is OC[C@H](O)[C@@H]1O[C@@H](c2ccccc2)OC[C@@H]1O. The van der Waals surface area contributed by atoms with Crippen molar-refractivity contribution in [2.24, 2.45) is 0 Å². The molecule has 1 aliphatic rings. The molecule has 1 aliphatic heterocycles. The van der Waals surface area contributed by atoms with Gasteiger partial charge in [-0.3, -0.25) is 0 Å². The van der Waals surface area contributed by atoms with Crippen molar-refractivity contribution in [1.29, 1.82) is 0 Å². The smallest absolute Gasteiger partial charge is 0.184 e. The second-order valence-electron chi connectivity index (χ2n) is 3.99. The fourth-order valence-corrected chi connectivity index (χ4v) is 1.79. The van der Waals surface area contributed by atoms with Gasteiger partial charge in [0.2, 0.25) is 0 Å². The minimum absolute atomic E-state index is 0.0707. The molecule has 2 rings (SSSR count). The van der Waals surface area contributed by atoms with Gasteiger partial charge in [-0.2, -0.15) is 0 Å². The van der Waals surface area contributed by atoms with Crippen molar-refractivity contribution in [3.8, 4) is 0 Å².